The highest BCUT2D eigenvalue weighted by Crippen LogP contribution is 2.35. The molecule has 1 aromatic heterocycles. The van der Waals surface area contributed by atoms with Crippen molar-refractivity contribution in [3.63, 3.8) is 0 Å². The van der Waals surface area contributed by atoms with Crippen molar-refractivity contribution < 1.29 is 9.53 Å². The largest absolute Gasteiger partial charge is 0.467 e. The van der Waals surface area contributed by atoms with E-state index in [4.69, 9.17) is 4.74 Å². The first kappa shape index (κ1) is 17.4. The van der Waals surface area contributed by atoms with Gasteiger partial charge in [0, 0.05) is 24.3 Å². The third kappa shape index (κ3) is 3.21. The number of aromatic amines is 1. The predicted molar refractivity (Wildman–Crippen MR) is 96.0 cm³/mol. The molecule has 0 spiro atoms. The molecule has 0 fully saturated rings. The third-order valence-electron chi connectivity index (χ3n) is 4.38. The van der Waals surface area contributed by atoms with Crippen LogP contribution in [0.1, 0.15) is 40.2 Å². The van der Waals surface area contributed by atoms with Gasteiger partial charge in [0.1, 0.15) is 6.04 Å². The highest BCUT2D eigenvalue weighted by Gasteiger charge is 2.29. The molecule has 1 aromatic carbocycles. The fourth-order valence-corrected chi connectivity index (χ4v) is 3.22. The van der Waals surface area contributed by atoms with Gasteiger partial charge in [-0.1, -0.05) is 40.7 Å². The van der Waals surface area contributed by atoms with Crippen molar-refractivity contribution in [2.45, 2.75) is 46.1 Å². The Morgan fingerprint density at radius 2 is 1.87 bits per heavy atom. The van der Waals surface area contributed by atoms with E-state index in [1.807, 2.05) is 32.0 Å². The van der Waals surface area contributed by atoms with Gasteiger partial charge in [-0.05, 0) is 29.0 Å². The molecule has 0 bridgehead atoms. The summed E-state index contributed by atoms with van der Waals surface area (Å²) in [5, 5.41) is 1.13. The Labute approximate surface area is 138 Å². The summed E-state index contributed by atoms with van der Waals surface area (Å²) in [6.45, 7) is 10.7. The van der Waals surface area contributed by atoms with E-state index in [0.29, 0.717) is 0 Å². The van der Waals surface area contributed by atoms with Crippen molar-refractivity contribution in [1.29, 1.82) is 0 Å². The quantitative estimate of drug-likeness (QED) is 0.864. The number of esters is 1. The van der Waals surface area contributed by atoms with Gasteiger partial charge in [-0.25, -0.2) is 4.79 Å². The number of ether oxygens (including phenoxy) is 1. The van der Waals surface area contributed by atoms with Crippen molar-refractivity contribution in [2.75, 3.05) is 19.1 Å². The number of nitrogens with one attached hydrogen (secondary N) is 1. The zero-order chi connectivity index (χ0) is 17.4. The number of rotatable bonds is 4. The highest BCUT2D eigenvalue weighted by molar-refractivity contribution is 5.96. The monoisotopic (exact) mass is 316 g/mol. The minimum Gasteiger partial charge on any atom is -0.467 e. The number of carbonyl (C=O) groups is 1. The molecule has 126 valence electrons. The van der Waals surface area contributed by atoms with Crippen LogP contribution in [-0.4, -0.2) is 31.2 Å². The van der Waals surface area contributed by atoms with Crippen LogP contribution < -0.4 is 4.90 Å². The Balaban J connectivity index is 2.56. The van der Waals surface area contributed by atoms with Crippen molar-refractivity contribution in [3.8, 4) is 0 Å². The molecular weight excluding hydrogens is 288 g/mol. The summed E-state index contributed by atoms with van der Waals surface area (Å²) >= 11 is 0. The van der Waals surface area contributed by atoms with Crippen LogP contribution in [0.25, 0.3) is 10.9 Å². The first-order chi connectivity index (χ1) is 10.7. The number of likely N-dealkylation sites (N-methyl/N-ethyl adjacent to an activating group) is 1. The summed E-state index contributed by atoms with van der Waals surface area (Å²) in [5.74, 6) is -0.0465. The second-order valence-electron chi connectivity index (χ2n) is 7.47. The number of hydrogen-bond donors (Lipinski definition) is 1. The van der Waals surface area contributed by atoms with E-state index in [1.165, 1.54) is 12.7 Å². The van der Waals surface area contributed by atoms with Crippen molar-refractivity contribution in [1.82, 2.24) is 4.98 Å². The predicted octanol–water partition coefficient (Wildman–Crippen LogP) is 4.10. The lowest BCUT2D eigenvalue weighted by Crippen LogP contribution is -2.43. The van der Waals surface area contributed by atoms with E-state index in [-0.39, 0.29) is 23.3 Å². The number of benzene rings is 1. The van der Waals surface area contributed by atoms with Crippen LogP contribution >= 0.6 is 0 Å². The number of fused-ring (bicyclic) bond motifs is 1. The van der Waals surface area contributed by atoms with Crippen LogP contribution in [0, 0.1) is 5.92 Å². The maximum Gasteiger partial charge on any atom is 0.328 e. The molecule has 0 aliphatic rings. The lowest BCUT2D eigenvalue weighted by atomic mass is 9.85. The topological polar surface area (TPSA) is 45.3 Å². The van der Waals surface area contributed by atoms with E-state index < -0.39 is 0 Å². The lowest BCUT2D eigenvalue weighted by Gasteiger charge is -2.32. The summed E-state index contributed by atoms with van der Waals surface area (Å²) in [7, 11) is 3.40. The van der Waals surface area contributed by atoms with Gasteiger partial charge in [0.15, 0.2) is 0 Å². The van der Waals surface area contributed by atoms with Crippen LogP contribution in [0.3, 0.4) is 0 Å². The molecule has 0 aliphatic carbocycles. The molecule has 0 radical (unpaired) electrons. The Hall–Kier alpha value is -1.97. The van der Waals surface area contributed by atoms with E-state index in [1.54, 1.807) is 0 Å². The van der Waals surface area contributed by atoms with Gasteiger partial charge in [-0.15, -0.1) is 0 Å². The molecule has 1 N–H and O–H groups in total. The summed E-state index contributed by atoms with van der Waals surface area (Å²) in [6.07, 6.45) is 1.96. The molecule has 0 unspecified atom stereocenters. The summed E-state index contributed by atoms with van der Waals surface area (Å²) in [6, 6.07) is 6.03. The average molecular weight is 316 g/mol. The van der Waals surface area contributed by atoms with Gasteiger partial charge in [0.2, 0.25) is 0 Å². The third-order valence-corrected chi connectivity index (χ3v) is 4.38. The van der Waals surface area contributed by atoms with Crippen LogP contribution in [0.5, 0.6) is 0 Å². The fraction of sp³-hybridized carbons (Fsp3) is 0.526. The van der Waals surface area contributed by atoms with Gasteiger partial charge in [-0.2, -0.15) is 0 Å². The number of carbonyl (C=O) groups excluding carboxylic acids is 1. The minimum atomic E-state index is -0.307. The van der Waals surface area contributed by atoms with Crippen LogP contribution in [0.2, 0.25) is 0 Å². The number of nitrogens with zero attached hydrogens (tertiary/aromatic N) is 1. The Kier molecular flexibility index (Phi) is 4.73. The number of hydrogen-bond acceptors (Lipinski definition) is 3. The SMILES string of the molecule is COC(=O)[C@H](C(C)C)N(C)c1ccc(C(C)(C)C)c2[nH]ccc12. The number of H-pyrrole nitrogens is 1. The van der Waals surface area contributed by atoms with Gasteiger partial charge >= 0.3 is 5.97 Å². The second kappa shape index (κ2) is 6.26. The molecule has 4 nitrogen and oxygen atoms in total. The first-order valence-corrected chi connectivity index (χ1v) is 8.09. The maximum atomic E-state index is 12.2. The first-order valence-electron chi connectivity index (χ1n) is 8.09. The molecule has 1 heterocycles. The van der Waals surface area contributed by atoms with Gasteiger partial charge in [-0.3, -0.25) is 0 Å². The van der Waals surface area contributed by atoms with Crippen LogP contribution in [0.4, 0.5) is 5.69 Å². The Bertz CT molecular complexity index is 695. The normalized spacial score (nSPS) is 13.4. The molecule has 2 rings (SSSR count). The molecule has 0 saturated carbocycles. The summed E-state index contributed by atoms with van der Waals surface area (Å²) in [4.78, 5) is 17.6. The van der Waals surface area contributed by atoms with Crippen molar-refractivity contribution in [3.05, 3.63) is 30.0 Å². The number of anilines is 1. The number of methoxy groups -OCH3 is 1. The highest BCUT2D eigenvalue weighted by atomic mass is 16.5. The Morgan fingerprint density at radius 1 is 1.22 bits per heavy atom. The summed E-state index contributed by atoms with van der Waals surface area (Å²) < 4.78 is 5.00. The fourth-order valence-electron chi connectivity index (χ4n) is 3.22. The van der Waals surface area contributed by atoms with Crippen LogP contribution in [-0.2, 0) is 14.9 Å². The maximum absolute atomic E-state index is 12.2. The molecular formula is C19H28N2O2. The minimum absolute atomic E-state index is 0.0556. The van der Waals surface area contributed by atoms with E-state index in [0.717, 1.165) is 16.6 Å². The number of aromatic nitrogens is 1. The van der Waals surface area contributed by atoms with Gasteiger partial charge in [0.05, 0.1) is 12.6 Å². The van der Waals surface area contributed by atoms with Crippen molar-refractivity contribution in [2.24, 2.45) is 5.92 Å². The van der Waals surface area contributed by atoms with E-state index >= 15 is 0 Å². The van der Waals surface area contributed by atoms with Crippen LogP contribution in [0.15, 0.2) is 24.4 Å². The summed E-state index contributed by atoms with van der Waals surface area (Å²) in [5.41, 5.74) is 3.50. The zero-order valence-corrected chi connectivity index (χ0v) is 15.2. The molecule has 1 atom stereocenters. The average Bonchev–Trinajstić information content (AvgIpc) is 2.93. The van der Waals surface area contributed by atoms with Crippen molar-refractivity contribution >= 4 is 22.6 Å². The lowest BCUT2D eigenvalue weighted by molar-refractivity contribution is -0.143. The van der Waals surface area contributed by atoms with Gasteiger partial charge < -0.3 is 14.6 Å². The molecule has 0 amide bonds. The molecule has 4 heteroatoms. The molecule has 2 aromatic rings. The standard InChI is InChI=1S/C19H28N2O2/c1-12(2)17(18(22)23-7)21(6)15-9-8-14(19(3,4)5)16-13(15)10-11-20-16/h8-12,17,20H,1-7H3/t17-/m0/s1. The van der Waals surface area contributed by atoms with E-state index in [9.17, 15) is 4.79 Å². The molecule has 0 aliphatic heterocycles. The molecule has 0 saturated heterocycles. The van der Waals surface area contributed by atoms with Gasteiger partial charge in [0.25, 0.3) is 0 Å². The zero-order valence-electron chi connectivity index (χ0n) is 15.2. The smallest absolute Gasteiger partial charge is 0.328 e. The van der Waals surface area contributed by atoms with E-state index in [2.05, 4.69) is 44.0 Å². The molecule has 23 heavy (non-hydrogen) atoms. The second-order valence-corrected chi connectivity index (χ2v) is 7.47. The Morgan fingerprint density at radius 3 is 2.39 bits per heavy atom.